The standard InChI is InChI=1S/C15H24N2O2/c1-4-17(12-6-7-12)10-13(16)11-5-8-14(18-2)15(9-11)19-3/h5,8-9,12-13H,4,6-7,10,16H2,1-3H3. The molecule has 0 aromatic heterocycles. The van der Waals surface area contributed by atoms with E-state index in [-0.39, 0.29) is 6.04 Å². The molecule has 0 aliphatic heterocycles. The molecule has 1 aliphatic carbocycles. The highest BCUT2D eigenvalue weighted by atomic mass is 16.5. The average molecular weight is 264 g/mol. The minimum Gasteiger partial charge on any atom is -0.493 e. The van der Waals surface area contributed by atoms with Crippen molar-refractivity contribution in [3.05, 3.63) is 23.8 Å². The van der Waals surface area contributed by atoms with E-state index < -0.39 is 0 Å². The van der Waals surface area contributed by atoms with Gasteiger partial charge < -0.3 is 15.2 Å². The van der Waals surface area contributed by atoms with Gasteiger partial charge in [0.15, 0.2) is 11.5 Å². The van der Waals surface area contributed by atoms with Crippen LogP contribution >= 0.6 is 0 Å². The fourth-order valence-electron chi connectivity index (χ4n) is 2.42. The van der Waals surface area contributed by atoms with Crippen LogP contribution in [0.3, 0.4) is 0 Å². The topological polar surface area (TPSA) is 47.7 Å². The number of rotatable bonds is 7. The third-order valence-corrected chi connectivity index (χ3v) is 3.74. The minimum atomic E-state index is 0.0142. The highest BCUT2D eigenvalue weighted by Crippen LogP contribution is 2.31. The lowest BCUT2D eigenvalue weighted by Gasteiger charge is -2.24. The maximum Gasteiger partial charge on any atom is 0.161 e. The molecular weight excluding hydrogens is 240 g/mol. The lowest BCUT2D eigenvalue weighted by Crippen LogP contribution is -2.33. The Bertz CT molecular complexity index is 419. The Kier molecular flexibility index (Phi) is 4.66. The van der Waals surface area contributed by atoms with E-state index >= 15 is 0 Å². The van der Waals surface area contributed by atoms with E-state index in [2.05, 4.69) is 11.8 Å². The van der Waals surface area contributed by atoms with Crippen molar-refractivity contribution < 1.29 is 9.47 Å². The van der Waals surface area contributed by atoms with Gasteiger partial charge in [-0.05, 0) is 37.1 Å². The van der Waals surface area contributed by atoms with Gasteiger partial charge in [0, 0.05) is 18.6 Å². The summed E-state index contributed by atoms with van der Waals surface area (Å²) in [6.07, 6.45) is 2.62. The summed E-state index contributed by atoms with van der Waals surface area (Å²) in [5, 5.41) is 0. The number of benzene rings is 1. The third kappa shape index (κ3) is 3.39. The van der Waals surface area contributed by atoms with Crippen molar-refractivity contribution in [2.45, 2.75) is 31.8 Å². The Morgan fingerprint density at radius 1 is 1.26 bits per heavy atom. The van der Waals surface area contributed by atoms with Gasteiger partial charge >= 0.3 is 0 Å². The summed E-state index contributed by atoms with van der Waals surface area (Å²) in [6, 6.07) is 6.68. The van der Waals surface area contributed by atoms with Crippen LogP contribution in [0.4, 0.5) is 0 Å². The van der Waals surface area contributed by atoms with Crippen LogP contribution in [0.15, 0.2) is 18.2 Å². The largest absolute Gasteiger partial charge is 0.493 e. The maximum absolute atomic E-state index is 6.31. The molecular formula is C15H24N2O2. The molecule has 2 rings (SSSR count). The highest BCUT2D eigenvalue weighted by molar-refractivity contribution is 5.43. The van der Waals surface area contributed by atoms with Gasteiger partial charge in [0.25, 0.3) is 0 Å². The highest BCUT2D eigenvalue weighted by Gasteiger charge is 2.29. The molecule has 0 heterocycles. The molecule has 2 N–H and O–H groups in total. The second-order valence-corrected chi connectivity index (χ2v) is 5.04. The van der Waals surface area contributed by atoms with Gasteiger partial charge in [-0.2, -0.15) is 0 Å². The molecule has 0 amide bonds. The summed E-state index contributed by atoms with van der Waals surface area (Å²) in [5.41, 5.74) is 7.41. The summed E-state index contributed by atoms with van der Waals surface area (Å²) < 4.78 is 10.6. The maximum atomic E-state index is 6.31. The first kappa shape index (κ1) is 14.2. The SMILES string of the molecule is CCN(CC(N)c1ccc(OC)c(OC)c1)C1CC1. The summed E-state index contributed by atoms with van der Waals surface area (Å²) in [6.45, 7) is 4.15. The molecule has 0 spiro atoms. The first-order valence-corrected chi connectivity index (χ1v) is 6.91. The molecule has 1 atom stereocenters. The molecule has 1 aromatic carbocycles. The lowest BCUT2D eigenvalue weighted by molar-refractivity contribution is 0.260. The first-order valence-electron chi connectivity index (χ1n) is 6.91. The van der Waals surface area contributed by atoms with Crippen LogP contribution in [-0.2, 0) is 0 Å². The normalized spacial score (nSPS) is 16.5. The van der Waals surface area contributed by atoms with Crippen LogP contribution in [0.25, 0.3) is 0 Å². The minimum absolute atomic E-state index is 0.0142. The van der Waals surface area contributed by atoms with Crippen molar-refractivity contribution in [2.24, 2.45) is 5.73 Å². The quantitative estimate of drug-likeness (QED) is 0.820. The van der Waals surface area contributed by atoms with Crippen molar-refractivity contribution in [1.29, 1.82) is 0 Å². The average Bonchev–Trinajstić information content (AvgIpc) is 3.28. The van der Waals surface area contributed by atoms with Gasteiger partial charge in [-0.15, -0.1) is 0 Å². The number of methoxy groups -OCH3 is 2. The Morgan fingerprint density at radius 2 is 1.95 bits per heavy atom. The molecule has 1 aliphatic rings. The summed E-state index contributed by atoms with van der Waals surface area (Å²) in [5.74, 6) is 1.48. The summed E-state index contributed by atoms with van der Waals surface area (Å²) in [4.78, 5) is 2.46. The summed E-state index contributed by atoms with van der Waals surface area (Å²) in [7, 11) is 3.29. The van der Waals surface area contributed by atoms with E-state index in [0.717, 1.165) is 36.2 Å². The zero-order valence-corrected chi connectivity index (χ0v) is 12.1. The van der Waals surface area contributed by atoms with E-state index in [0.29, 0.717) is 0 Å². The fourth-order valence-corrected chi connectivity index (χ4v) is 2.42. The van der Waals surface area contributed by atoms with Crippen LogP contribution in [0.2, 0.25) is 0 Å². The number of likely N-dealkylation sites (N-methyl/N-ethyl adjacent to an activating group) is 1. The van der Waals surface area contributed by atoms with Gasteiger partial charge in [-0.3, -0.25) is 4.90 Å². The molecule has 1 fully saturated rings. The predicted molar refractivity (Wildman–Crippen MR) is 76.7 cm³/mol. The Balaban J connectivity index is 2.07. The zero-order valence-electron chi connectivity index (χ0n) is 12.1. The van der Waals surface area contributed by atoms with Crippen LogP contribution < -0.4 is 15.2 Å². The van der Waals surface area contributed by atoms with E-state index in [1.807, 2.05) is 18.2 Å². The molecule has 19 heavy (non-hydrogen) atoms. The molecule has 0 radical (unpaired) electrons. The molecule has 1 saturated carbocycles. The van der Waals surface area contributed by atoms with Crippen molar-refractivity contribution in [2.75, 3.05) is 27.3 Å². The van der Waals surface area contributed by atoms with E-state index in [4.69, 9.17) is 15.2 Å². The number of ether oxygens (including phenoxy) is 2. The van der Waals surface area contributed by atoms with Gasteiger partial charge in [-0.1, -0.05) is 13.0 Å². The van der Waals surface area contributed by atoms with Gasteiger partial charge in [0.05, 0.1) is 14.2 Å². The second-order valence-electron chi connectivity index (χ2n) is 5.04. The van der Waals surface area contributed by atoms with Crippen LogP contribution in [0, 0.1) is 0 Å². The predicted octanol–water partition coefficient (Wildman–Crippen LogP) is 2.19. The Labute approximate surface area is 115 Å². The smallest absolute Gasteiger partial charge is 0.161 e. The second kappa shape index (κ2) is 6.26. The number of nitrogens with two attached hydrogens (primary N) is 1. The molecule has 0 saturated heterocycles. The van der Waals surface area contributed by atoms with Gasteiger partial charge in [-0.25, -0.2) is 0 Å². The van der Waals surface area contributed by atoms with Gasteiger partial charge in [0.1, 0.15) is 0 Å². The molecule has 0 bridgehead atoms. The van der Waals surface area contributed by atoms with Crippen LogP contribution in [-0.4, -0.2) is 38.3 Å². The monoisotopic (exact) mass is 264 g/mol. The van der Waals surface area contributed by atoms with E-state index in [9.17, 15) is 0 Å². The fraction of sp³-hybridized carbons (Fsp3) is 0.600. The van der Waals surface area contributed by atoms with Crippen LogP contribution in [0.1, 0.15) is 31.4 Å². The molecule has 1 aromatic rings. The molecule has 4 heteroatoms. The van der Waals surface area contributed by atoms with Crippen LogP contribution in [0.5, 0.6) is 11.5 Å². The van der Waals surface area contributed by atoms with E-state index in [1.165, 1.54) is 12.8 Å². The number of hydrogen-bond acceptors (Lipinski definition) is 4. The molecule has 1 unspecified atom stereocenters. The van der Waals surface area contributed by atoms with Crippen molar-refractivity contribution >= 4 is 0 Å². The Morgan fingerprint density at radius 3 is 2.47 bits per heavy atom. The number of nitrogens with zero attached hydrogens (tertiary/aromatic N) is 1. The lowest BCUT2D eigenvalue weighted by atomic mass is 10.1. The summed E-state index contributed by atoms with van der Waals surface area (Å²) >= 11 is 0. The van der Waals surface area contributed by atoms with Gasteiger partial charge in [0.2, 0.25) is 0 Å². The third-order valence-electron chi connectivity index (χ3n) is 3.74. The van der Waals surface area contributed by atoms with Crippen molar-refractivity contribution in [3.63, 3.8) is 0 Å². The van der Waals surface area contributed by atoms with Crippen molar-refractivity contribution in [1.82, 2.24) is 4.90 Å². The zero-order chi connectivity index (χ0) is 13.8. The molecule has 4 nitrogen and oxygen atoms in total. The van der Waals surface area contributed by atoms with Crippen molar-refractivity contribution in [3.8, 4) is 11.5 Å². The number of hydrogen-bond donors (Lipinski definition) is 1. The first-order chi connectivity index (χ1) is 9.19. The van der Waals surface area contributed by atoms with E-state index in [1.54, 1.807) is 14.2 Å². The molecule has 106 valence electrons. The Hall–Kier alpha value is -1.26.